The van der Waals surface area contributed by atoms with Crippen molar-refractivity contribution < 1.29 is 63.0 Å². The number of carbonyl (C=O) groups is 5. The fraction of sp³-hybridized carbons (Fsp3) is 0.789. The van der Waals surface area contributed by atoms with E-state index in [0.717, 1.165) is 87.9 Å². The number of hydrogen-bond donors (Lipinski definition) is 3. The van der Waals surface area contributed by atoms with Gasteiger partial charge < -0.3 is 39.0 Å². The largest absolute Gasteiger partial charge is 0.456 e. The highest BCUT2D eigenvalue weighted by Crippen LogP contribution is 2.64. The zero-order valence-corrected chi connectivity index (χ0v) is 53.0. The highest BCUT2D eigenvalue weighted by atomic mass is 16.6. The molecule has 0 saturated heterocycles. The quantitative estimate of drug-likeness (QED) is 0.0951. The minimum atomic E-state index is -0.858. The molecule has 0 radical (unpaired) electrons. The second kappa shape index (κ2) is 23.8. The number of ether oxygens (including phenoxy) is 5. The Morgan fingerprint density at radius 2 is 0.750 bits per heavy atom. The molecule has 4 atom stereocenters. The summed E-state index contributed by atoms with van der Waals surface area (Å²) in [6, 6.07) is 0. The Morgan fingerprint density at radius 1 is 0.417 bits per heavy atom. The third-order valence-electron chi connectivity index (χ3n) is 23.4. The van der Waals surface area contributed by atoms with Crippen molar-refractivity contribution in [2.75, 3.05) is 0 Å². The first-order valence-electron chi connectivity index (χ1n) is 32.8. The van der Waals surface area contributed by atoms with Crippen LogP contribution in [0.1, 0.15) is 236 Å². The van der Waals surface area contributed by atoms with E-state index in [1.807, 2.05) is 0 Å². The van der Waals surface area contributed by atoms with E-state index in [4.69, 9.17) is 23.7 Å². The van der Waals surface area contributed by atoms with Crippen molar-refractivity contribution in [3.63, 3.8) is 0 Å². The first-order valence-corrected chi connectivity index (χ1v) is 32.8. The van der Waals surface area contributed by atoms with Crippen molar-refractivity contribution in [3.8, 4) is 0 Å². The van der Waals surface area contributed by atoms with Crippen LogP contribution in [0, 0.1) is 71.0 Å². The van der Waals surface area contributed by atoms with Gasteiger partial charge in [-0.25, -0.2) is 24.0 Å². The maximum atomic E-state index is 12.1. The Morgan fingerprint density at radius 3 is 1.13 bits per heavy atom. The molecule has 17 saturated carbocycles. The predicted octanol–water partition coefficient (Wildman–Crippen LogP) is 13.6. The summed E-state index contributed by atoms with van der Waals surface area (Å²) in [6.07, 6.45) is 27.4. The van der Waals surface area contributed by atoms with E-state index in [1.165, 1.54) is 83.5 Å². The third-order valence-corrected chi connectivity index (χ3v) is 23.4. The maximum absolute atomic E-state index is 12.1. The Kier molecular flexibility index (Phi) is 18.2. The summed E-state index contributed by atoms with van der Waals surface area (Å²) in [5.74, 6) is 6.44. The van der Waals surface area contributed by atoms with Crippen molar-refractivity contribution >= 4 is 29.8 Å². The molecule has 17 aliphatic carbocycles. The van der Waals surface area contributed by atoms with Crippen LogP contribution >= 0.6 is 0 Å². The van der Waals surface area contributed by atoms with Crippen LogP contribution in [0.2, 0.25) is 0 Å². The summed E-state index contributed by atoms with van der Waals surface area (Å²) in [5.41, 5.74) is -1.56. The monoisotopic (exact) mass is 1170 g/mol. The summed E-state index contributed by atoms with van der Waals surface area (Å²) < 4.78 is 28.7. The molecule has 0 aromatic carbocycles. The third kappa shape index (κ3) is 13.3. The lowest BCUT2D eigenvalue weighted by atomic mass is 9.47. The van der Waals surface area contributed by atoms with Gasteiger partial charge in [-0.1, -0.05) is 53.7 Å². The molecule has 17 aliphatic rings. The molecular formula is C71H106O13. The summed E-state index contributed by atoms with van der Waals surface area (Å²) in [5, 5.41) is 31.5. The van der Waals surface area contributed by atoms with E-state index >= 15 is 0 Å². The lowest BCUT2D eigenvalue weighted by Gasteiger charge is -2.62. The van der Waals surface area contributed by atoms with E-state index in [1.54, 1.807) is 34.6 Å². The fourth-order valence-electron chi connectivity index (χ4n) is 21.0. The summed E-state index contributed by atoms with van der Waals surface area (Å²) in [6.45, 7) is 35.5. The Labute approximate surface area is 503 Å². The van der Waals surface area contributed by atoms with Gasteiger partial charge in [-0.3, -0.25) is 0 Å². The molecule has 0 amide bonds. The molecule has 17 rings (SSSR count). The normalized spacial score (nSPS) is 42.5. The molecular weight excluding hydrogens is 1060 g/mol. The van der Waals surface area contributed by atoms with E-state index in [9.17, 15) is 39.3 Å². The second-order valence-corrected chi connectivity index (χ2v) is 31.4. The number of esters is 5. The molecule has 13 nitrogen and oxygen atoms in total. The van der Waals surface area contributed by atoms with Crippen molar-refractivity contribution in [2.45, 2.75) is 280 Å². The van der Waals surface area contributed by atoms with Crippen LogP contribution < -0.4 is 0 Å². The molecule has 0 heterocycles. The van der Waals surface area contributed by atoms with Gasteiger partial charge in [0.2, 0.25) is 0 Å². The average molecular weight is 1170 g/mol. The predicted molar refractivity (Wildman–Crippen MR) is 322 cm³/mol. The number of hydrogen-bond acceptors (Lipinski definition) is 13. The summed E-state index contributed by atoms with van der Waals surface area (Å²) in [4.78, 5) is 58.8. The van der Waals surface area contributed by atoms with Gasteiger partial charge in [0.25, 0.3) is 0 Å². The molecule has 0 aliphatic heterocycles. The minimum absolute atomic E-state index is 0.171. The average Bonchev–Trinajstić information content (AvgIpc) is 0.870. The van der Waals surface area contributed by atoms with Crippen LogP contribution in [-0.2, 0) is 47.7 Å². The molecule has 3 N–H and O–H groups in total. The van der Waals surface area contributed by atoms with Crippen molar-refractivity contribution in [2.24, 2.45) is 71.0 Å². The molecule has 468 valence electrons. The molecule has 0 aromatic rings. The van der Waals surface area contributed by atoms with Crippen LogP contribution in [0.25, 0.3) is 0 Å². The maximum Gasteiger partial charge on any atom is 0.333 e. The number of carbonyl (C=O) groups excluding carboxylic acids is 5. The van der Waals surface area contributed by atoms with Gasteiger partial charge >= 0.3 is 29.8 Å². The Bertz CT molecular complexity index is 2520. The van der Waals surface area contributed by atoms with E-state index in [-0.39, 0.29) is 46.6 Å². The van der Waals surface area contributed by atoms with Gasteiger partial charge in [0.15, 0.2) is 0 Å². The number of aliphatic hydroxyl groups is 3. The molecule has 4 unspecified atom stereocenters. The summed E-state index contributed by atoms with van der Waals surface area (Å²) in [7, 11) is 0. The Balaban J connectivity index is 0.000000127. The highest BCUT2D eigenvalue weighted by molar-refractivity contribution is 5.89. The van der Waals surface area contributed by atoms with Gasteiger partial charge in [-0.2, -0.15) is 0 Å². The highest BCUT2D eigenvalue weighted by Gasteiger charge is 2.65. The molecule has 16 bridgehead atoms. The zero-order chi connectivity index (χ0) is 61.3. The molecule has 84 heavy (non-hydrogen) atoms. The smallest absolute Gasteiger partial charge is 0.333 e. The first-order chi connectivity index (χ1) is 39.1. The van der Waals surface area contributed by atoms with Gasteiger partial charge in [0, 0.05) is 53.5 Å². The molecule has 17 fully saturated rings. The lowest BCUT2D eigenvalue weighted by molar-refractivity contribution is -0.260. The van der Waals surface area contributed by atoms with Crippen LogP contribution in [0.4, 0.5) is 0 Å². The van der Waals surface area contributed by atoms with Gasteiger partial charge in [-0.05, 0) is 260 Å². The standard InChI is InChI=1S/C17H26O2.C15H22O2.C14H20O4.C14H20O3.C11H18O2/c1-10(2)16(18)19-17(11(3)4)14-6-12-5-13(8-14)9-15(17)7-12;1-9(2)14(16)17-15(3)12-5-10-4-11(7-12)8-13(15)6-10;1-9(2)11(15)18-14-5-10-3-12(16,7-14)6-13(17,4-10)8-14;1-9(2)12(15)17-14-6-10-3-11(7-14)5-13(16,4-10)8-14;1-4-11(7-5-6-8-11)13-10(12)9(2)3/h11-15H,1,5-9H2,2-4H3;10-13H,1,4-8H2,2-3H3;10,16-17H,1,3-8H2,2H3;10-11,16H,1,3-8H2,2H3;2,4-8H2,1,3H3. The van der Waals surface area contributed by atoms with E-state index < -0.39 is 34.0 Å². The minimum Gasteiger partial charge on any atom is -0.456 e. The van der Waals surface area contributed by atoms with Crippen LogP contribution in [0.15, 0.2) is 60.8 Å². The fourth-order valence-corrected chi connectivity index (χ4v) is 21.0. The molecule has 0 spiro atoms. The van der Waals surface area contributed by atoms with Crippen LogP contribution in [0.3, 0.4) is 0 Å². The SMILES string of the molecule is C=C(C)C(=O)OC1(C(C)C)C2CC3CC(C2)CC1C3.C=C(C)C(=O)OC1(C)C2CC3CC(C2)CC1C3.C=C(C)C(=O)OC1(CC)CCCC1.C=C(C)C(=O)OC12CC3CC(CC(O)(C3)C1)C2.C=C(C)C(=O)OC12CC3CC(O)(CC(O)(C3)C1)C2. The lowest BCUT2D eigenvalue weighted by Crippen LogP contribution is -2.66. The molecule has 13 heteroatoms. The summed E-state index contributed by atoms with van der Waals surface area (Å²) >= 11 is 0. The number of rotatable bonds is 12. The van der Waals surface area contributed by atoms with Gasteiger partial charge in [-0.15, -0.1) is 0 Å². The second-order valence-electron chi connectivity index (χ2n) is 31.4. The molecule has 0 aromatic heterocycles. The van der Waals surface area contributed by atoms with Crippen molar-refractivity contribution in [3.05, 3.63) is 60.8 Å². The van der Waals surface area contributed by atoms with E-state index in [2.05, 4.69) is 60.6 Å². The van der Waals surface area contributed by atoms with E-state index in [0.29, 0.717) is 95.0 Å². The van der Waals surface area contributed by atoms with Crippen molar-refractivity contribution in [1.29, 1.82) is 0 Å². The van der Waals surface area contributed by atoms with Crippen molar-refractivity contribution in [1.82, 2.24) is 0 Å². The first kappa shape index (κ1) is 64.4. The van der Waals surface area contributed by atoms with Gasteiger partial charge in [0.05, 0.1) is 16.8 Å². The Hall–Kier alpha value is -4.07. The van der Waals surface area contributed by atoms with Crippen LogP contribution in [0.5, 0.6) is 0 Å². The van der Waals surface area contributed by atoms with Crippen LogP contribution in [-0.4, -0.2) is 90.0 Å². The zero-order valence-electron chi connectivity index (χ0n) is 53.0. The topological polar surface area (TPSA) is 192 Å². The van der Waals surface area contributed by atoms with Gasteiger partial charge in [0.1, 0.15) is 28.0 Å².